The molecule has 0 amide bonds. The van der Waals surface area contributed by atoms with E-state index in [9.17, 15) is 0 Å². The summed E-state index contributed by atoms with van der Waals surface area (Å²) in [4.78, 5) is 6.62. The van der Waals surface area contributed by atoms with Crippen molar-refractivity contribution >= 4 is 5.82 Å². The minimum atomic E-state index is 0.488. The molecule has 1 saturated heterocycles. The van der Waals surface area contributed by atoms with Gasteiger partial charge in [0.05, 0.1) is 5.56 Å². The lowest BCUT2D eigenvalue weighted by Crippen LogP contribution is -2.42. The van der Waals surface area contributed by atoms with Gasteiger partial charge in [0.15, 0.2) is 0 Å². The molecule has 0 spiro atoms. The van der Waals surface area contributed by atoms with Gasteiger partial charge in [-0.1, -0.05) is 0 Å². The average Bonchev–Trinajstić information content (AvgIpc) is 2.35. The fourth-order valence-electron chi connectivity index (χ4n) is 2.18. The largest absolute Gasteiger partial charge is 0.367 e. The van der Waals surface area contributed by atoms with Gasteiger partial charge in [0.1, 0.15) is 11.9 Å². The van der Waals surface area contributed by atoms with Gasteiger partial charge < -0.3 is 10.2 Å². The van der Waals surface area contributed by atoms with Crippen LogP contribution in [0.25, 0.3) is 0 Å². The van der Waals surface area contributed by atoms with E-state index in [1.165, 1.54) is 0 Å². The van der Waals surface area contributed by atoms with Gasteiger partial charge in [0, 0.05) is 24.8 Å². The van der Waals surface area contributed by atoms with Crippen molar-refractivity contribution in [2.75, 3.05) is 18.9 Å². The Morgan fingerprint density at radius 2 is 2.35 bits per heavy atom. The van der Waals surface area contributed by atoms with Gasteiger partial charge in [0.2, 0.25) is 0 Å². The second kappa shape index (κ2) is 5.15. The number of likely N-dealkylation sites (tertiary alicyclic amines) is 1. The molecule has 1 aromatic rings. The fraction of sp³-hybridized carbons (Fsp3) is 0.538. The first-order valence-corrected chi connectivity index (χ1v) is 6.02. The van der Waals surface area contributed by atoms with Crippen molar-refractivity contribution in [3.05, 3.63) is 23.9 Å². The van der Waals surface area contributed by atoms with Crippen LogP contribution in [0.5, 0.6) is 0 Å². The summed E-state index contributed by atoms with van der Waals surface area (Å²) in [6, 6.07) is 6.85. The van der Waals surface area contributed by atoms with Gasteiger partial charge in [-0.2, -0.15) is 5.26 Å². The molecule has 0 aliphatic carbocycles. The van der Waals surface area contributed by atoms with E-state index in [0.29, 0.717) is 17.6 Å². The van der Waals surface area contributed by atoms with Crippen molar-refractivity contribution in [2.24, 2.45) is 0 Å². The molecule has 0 aromatic carbocycles. The molecule has 1 aliphatic heterocycles. The SMILES string of the molecule is CC1CC(Nc2ccc(C#N)cn2)CCN1C. The van der Waals surface area contributed by atoms with E-state index in [1.54, 1.807) is 12.3 Å². The number of rotatable bonds is 2. The number of anilines is 1. The molecule has 4 heteroatoms. The minimum Gasteiger partial charge on any atom is -0.367 e. The Kier molecular flexibility index (Phi) is 3.60. The zero-order chi connectivity index (χ0) is 12.3. The second-order valence-electron chi connectivity index (χ2n) is 4.74. The quantitative estimate of drug-likeness (QED) is 0.842. The van der Waals surface area contributed by atoms with Gasteiger partial charge in [-0.05, 0) is 38.9 Å². The molecule has 4 nitrogen and oxygen atoms in total. The normalized spacial score (nSPS) is 25.2. The molecule has 1 fully saturated rings. The van der Waals surface area contributed by atoms with E-state index in [1.807, 2.05) is 6.07 Å². The monoisotopic (exact) mass is 230 g/mol. The van der Waals surface area contributed by atoms with Crippen LogP contribution in [0.2, 0.25) is 0 Å². The summed E-state index contributed by atoms with van der Waals surface area (Å²) in [7, 11) is 2.17. The van der Waals surface area contributed by atoms with Crippen LogP contribution in [0.1, 0.15) is 25.3 Å². The second-order valence-corrected chi connectivity index (χ2v) is 4.74. The number of piperidine rings is 1. The van der Waals surface area contributed by atoms with E-state index in [-0.39, 0.29) is 0 Å². The van der Waals surface area contributed by atoms with Gasteiger partial charge in [-0.15, -0.1) is 0 Å². The van der Waals surface area contributed by atoms with Crippen molar-refractivity contribution in [2.45, 2.75) is 31.8 Å². The van der Waals surface area contributed by atoms with Crippen LogP contribution in [-0.4, -0.2) is 35.6 Å². The third-order valence-electron chi connectivity index (χ3n) is 3.45. The summed E-state index contributed by atoms with van der Waals surface area (Å²) in [6.45, 7) is 3.37. The number of aromatic nitrogens is 1. The molecule has 1 aliphatic rings. The van der Waals surface area contributed by atoms with E-state index in [4.69, 9.17) is 5.26 Å². The van der Waals surface area contributed by atoms with E-state index < -0.39 is 0 Å². The summed E-state index contributed by atoms with van der Waals surface area (Å²) in [5.74, 6) is 0.866. The third-order valence-corrected chi connectivity index (χ3v) is 3.45. The van der Waals surface area contributed by atoms with E-state index >= 15 is 0 Å². The molecule has 1 aromatic heterocycles. The Morgan fingerprint density at radius 3 is 2.94 bits per heavy atom. The van der Waals surface area contributed by atoms with Gasteiger partial charge in [0.25, 0.3) is 0 Å². The Hall–Kier alpha value is -1.60. The summed E-state index contributed by atoms with van der Waals surface area (Å²) in [5.41, 5.74) is 0.604. The zero-order valence-corrected chi connectivity index (χ0v) is 10.3. The van der Waals surface area contributed by atoms with Crippen LogP contribution in [0.3, 0.4) is 0 Å². The number of nitriles is 1. The summed E-state index contributed by atoms with van der Waals surface area (Å²) < 4.78 is 0. The molecule has 17 heavy (non-hydrogen) atoms. The summed E-state index contributed by atoms with van der Waals surface area (Å²) in [5, 5.41) is 12.1. The minimum absolute atomic E-state index is 0.488. The van der Waals surface area contributed by atoms with Gasteiger partial charge in [-0.25, -0.2) is 4.98 Å². The van der Waals surface area contributed by atoms with Crippen molar-refractivity contribution in [1.82, 2.24) is 9.88 Å². The molecular weight excluding hydrogens is 212 g/mol. The molecule has 0 saturated carbocycles. The Morgan fingerprint density at radius 1 is 1.53 bits per heavy atom. The highest BCUT2D eigenvalue weighted by molar-refractivity contribution is 5.39. The molecule has 2 unspecified atom stereocenters. The van der Waals surface area contributed by atoms with Crippen LogP contribution >= 0.6 is 0 Å². The van der Waals surface area contributed by atoms with Crippen molar-refractivity contribution < 1.29 is 0 Å². The molecule has 0 bridgehead atoms. The van der Waals surface area contributed by atoms with Crippen LogP contribution < -0.4 is 5.32 Å². The van der Waals surface area contributed by atoms with Crippen molar-refractivity contribution in [3.8, 4) is 6.07 Å². The maximum atomic E-state index is 8.70. The third kappa shape index (κ3) is 2.95. The van der Waals surface area contributed by atoms with Crippen LogP contribution in [-0.2, 0) is 0 Å². The number of nitrogens with zero attached hydrogens (tertiary/aromatic N) is 3. The first kappa shape index (κ1) is 11.9. The summed E-state index contributed by atoms with van der Waals surface area (Å²) in [6.07, 6.45) is 3.89. The molecule has 2 atom stereocenters. The Balaban J connectivity index is 1.94. The highest BCUT2D eigenvalue weighted by atomic mass is 15.1. The lowest BCUT2D eigenvalue weighted by atomic mass is 9.99. The number of nitrogens with one attached hydrogen (secondary N) is 1. The first-order valence-electron chi connectivity index (χ1n) is 6.02. The smallest absolute Gasteiger partial charge is 0.126 e. The molecule has 90 valence electrons. The Labute approximate surface area is 102 Å². The van der Waals surface area contributed by atoms with Crippen molar-refractivity contribution in [3.63, 3.8) is 0 Å². The maximum Gasteiger partial charge on any atom is 0.126 e. The predicted octanol–water partition coefficient (Wildman–Crippen LogP) is 1.85. The maximum absolute atomic E-state index is 8.70. The Bertz CT molecular complexity index is 406. The number of pyridine rings is 1. The molecule has 2 heterocycles. The lowest BCUT2D eigenvalue weighted by molar-refractivity contribution is 0.190. The number of hydrogen-bond donors (Lipinski definition) is 1. The number of hydrogen-bond acceptors (Lipinski definition) is 4. The molecule has 2 rings (SSSR count). The molecular formula is C13H18N4. The fourth-order valence-corrected chi connectivity index (χ4v) is 2.18. The van der Waals surface area contributed by atoms with Crippen molar-refractivity contribution in [1.29, 1.82) is 5.26 Å². The molecule has 1 N–H and O–H groups in total. The van der Waals surface area contributed by atoms with Gasteiger partial charge >= 0.3 is 0 Å². The van der Waals surface area contributed by atoms with E-state index in [2.05, 4.69) is 35.2 Å². The predicted molar refractivity (Wildman–Crippen MR) is 67.7 cm³/mol. The zero-order valence-electron chi connectivity index (χ0n) is 10.3. The average molecular weight is 230 g/mol. The lowest BCUT2D eigenvalue weighted by Gasteiger charge is -2.35. The van der Waals surface area contributed by atoms with E-state index in [0.717, 1.165) is 25.2 Å². The van der Waals surface area contributed by atoms with Gasteiger partial charge in [-0.3, -0.25) is 0 Å². The summed E-state index contributed by atoms with van der Waals surface area (Å²) >= 11 is 0. The topological polar surface area (TPSA) is 52.0 Å². The highest BCUT2D eigenvalue weighted by Gasteiger charge is 2.22. The highest BCUT2D eigenvalue weighted by Crippen LogP contribution is 2.18. The van der Waals surface area contributed by atoms with Crippen LogP contribution in [0, 0.1) is 11.3 Å². The molecule has 0 radical (unpaired) electrons. The van der Waals surface area contributed by atoms with Crippen LogP contribution in [0.4, 0.5) is 5.82 Å². The van der Waals surface area contributed by atoms with Crippen LogP contribution in [0.15, 0.2) is 18.3 Å². The first-order chi connectivity index (χ1) is 8.19. The standard InChI is InChI=1S/C13H18N4/c1-10-7-12(5-6-17(10)2)16-13-4-3-11(8-14)9-15-13/h3-4,9-10,12H,5-7H2,1-2H3,(H,15,16).